The van der Waals surface area contributed by atoms with Gasteiger partial charge in [-0.1, -0.05) is 12.1 Å². The van der Waals surface area contributed by atoms with Gasteiger partial charge in [-0.15, -0.1) is 0 Å². The fraction of sp³-hybridized carbons (Fsp3) is 0.588. The first-order valence-corrected chi connectivity index (χ1v) is 9.45. The summed E-state index contributed by atoms with van der Waals surface area (Å²) in [6.07, 6.45) is 0. The molecule has 1 aromatic carbocycles. The molecule has 0 saturated carbocycles. The van der Waals surface area contributed by atoms with Gasteiger partial charge in [-0.05, 0) is 24.6 Å². The van der Waals surface area contributed by atoms with E-state index in [1.807, 2.05) is 28.8 Å². The fourth-order valence-corrected chi connectivity index (χ4v) is 3.89. The van der Waals surface area contributed by atoms with Crippen LogP contribution in [0.4, 0.5) is 10.5 Å². The molecule has 2 heterocycles. The Morgan fingerprint density at radius 2 is 1.78 bits per heavy atom. The van der Waals surface area contributed by atoms with Crippen LogP contribution in [0, 0.1) is 0 Å². The average molecular weight is 335 g/mol. The van der Waals surface area contributed by atoms with Gasteiger partial charge >= 0.3 is 6.03 Å². The van der Waals surface area contributed by atoms with Crippen molar-refractivity contribution in [2.45, 2.75) is 13.0 Å². The Kier molecular flexibility index (Phi) is 5.80. The fourth-order valence-electron chi connectivity index (χ4n) is 2.99. The molecule has 0 bridgehead atoms. The van der Waals surface area contributed by atoms with Gasteiger partial charge in [-0.3, -0.25) is 4.90 Å². The van der Waals surface area contributed by atoms with E-state index in [2.05, 4.69) is 29.3 Å². The number of ether oxygens (including phenoxy) is 1. The standard InChI is InChI=1S/C17H25N3O2S/c1-14(19-6-10-22-11-7-19)15-2-4-16(5-3-15)18-17(21)20-8-12-23-13-9-20/h2-5,14H,6-13H2,1H3,(H,18,21)/t14-/m1/s1. The maximum atomic E-state index is 12.2. The third-order valence-corrected chi connectivity index (χ3v) is 5.48. The molecule has 1 N–H and O–H groups in total. The summed E-state index contributed by atoms with van der Waals surface area (Å²) in [5, 5.41) is 3.00. The Labute approximate surface area is 142 Å². The van der Waals surface area contributed by atoms with Crippen molar-refractivity contribution in [3.8, 4) is 0 Å². The topological polar surface area (TPSA) is 44.8 Å². The molecule has 126 valence electrons. The normalized spacial score (nSPS) is 21.0. The lowest BCUT2D eigenvalue weighted by Gasteiger charge is -2.32. The van der Waals surface area contributed by atoms with Gasteiger partial charge in [-0.2, -0.15) is 11.8 Å². The Bertz CT molecular complexity index is 511. The second-order valence-electron chi connectivity index (χ2n) is 5.98. The molecule has 2 aliphatic heterocycles. The Hall–Kier alpha value is -1.24. The van der Waals surface area contributed by atoms with Crippen molar-refractivity contribution in [2.75, 3.05) is 56.2 Å². The van der Waals surface area contributed by atoms with Crippen LogP contribution in [0.25, 0.3) is 0 Å². The van der Waals surface area contributed by atoms with Crippen LogP contribution >= 0.6 is 11.8 Å². The van der Waals surface area contributed by atoms with Crippen molar-refractivity contribution in [3.63, 3.8) is 0 Å². The van der Waals surface area contributed by atoms with E-state index in [1.54, 1.807) is 0 Å². The largest absolute Gasteiger partial charge is 0.379 e. The molecule has 2 aliphatic rings. The van der Waals surface area contributed by atoms with Gasteiger partial charge in [-0.25, -0.2) is 4.79 Å². The van der Waals surface area contributed by atoms with Gasteiger partial charge in [0.05, 0.1) is 13.2 Å². The summed E-state index contributed by atoms with van der Waals surface area (Å²) in [5.74, 6) is 2.06. The van der Waals surface area contributed by atoms with Crippen LogP contribution in [0.1, 0.15) is 18.5 Å². The zero-order valence-electron chi connectivity index (χ0n) is 13.7. The third-order valence-electron chi connectivity index (χ3n) is 4.54. The molecule has 0 radical (unpaired) electrons. The molecule has 0 aliphatic carbocycles. The Balaban J connectivity index is 1.56. The number of thioether (sulfide) groups is 1. The number of rotatable bonds is 3. The highest BCUT2D eigenvalue weighted by molar-refractivity contribution is 7.99. The zero-order chi connectivity index (χ0) is 16.1. The maximum absolute atomic E-state index is 12.2. The molecule has 3 rings (SSSR count). The third kappa shape index (κ3) is 4.40. The van der Waals surface area contributed by atoms with Gasteiger partial charge < -0.3 is 15.0 Å². The van der Waals surface area contributed by atoms with E-state index in [0.29, 0.717) is 6.04 Å². The number of hydrogen-bond donors (Lipinski definition) is 1. The van der Waals surface area contributed by atoms with Crippen molar-refractivity contribution >= 4 is 23.5 Å². The molecule has 0 spiro atoms. The minimum absolute atomic E-state index is 0.0132. The SMILES string of the molecule is C[C@H](c1ccc(NC(=O)N2CCSCC2)cc1)N1CCOCC1. The molecule has 6 heteroatoms. The summed E-state index contributed by atoms with van der Waals surface area (Å²) in [6.45, 7) is 7.48. The lowest BCUT2D eigenvalue weighted by atomic mass is 10.1. The van der Waals surface area contributed by atoms with E-state index in [-0.39, 0.29) is 6.03 Å². The first kappa shape index (κ1) is 16.6. The summed E-state index contributed by atoms with van der Waals surface area (Å²) in [7, 11) is 0. The van der Waals surface area contributed by atoms with Crippen molar-refractivity contribution in [1.82, 2.24) is 9.80 Å². The maximum Gasteiger partial charge on any atom is 0.321 e. The molecule has 0 aromatic heterocycles. The van der Waals surface area contributed by atoms with Crippen LogP contribution in [0.2, 0.25) is 0 Å². The highest BCUT2D eigenvalue weighted by atomic mass is 32.2. The van der Waals surface area contributed by atoms with Crippen molar-refractivity contribution in [3.05, 3.63) is 29.8 Å². The van der Waals surface area contributed by atoms with E-state index in [0.717, 1.165) is 56.6 Å². The predicted octanol–water partition coefficient (Wildman–Crippen LogP) is 2.66. The zero-order valence-corrected chi connectivity index (χ0v) is 14.5. The second kappa shape index (κ2) is 8.04. The van der Waals surface area contributed by atoms with Crippen LogP contribution < -0.4 is 5.32 Å². The second-order valence-corrected chi connectivity index (χ2v) is 7.20. The summed E-state index contributed by atoms with van der Waals surface area (Å²) < 4.78 is 5.41. The average Bonchev–Trinajstić information content (AvgIpc) is 2.63. The summed E-state index contributed by atoms with van der Waals surface area (Å²) in [5.41, 5.74) is 2.14. The molecule has 5 nitrogen and oxygen atoms in total. The van der Waals surface area contributed by atoms with Gasteiger partial charge in [0.15, 0.2) is 0 Å². The van der Waals surface area contributed by atoms with Crippen molar-refractivity contribution in [2.24, 2.45) is 0 Å². The highest BCUT2D eigenvalue weighted by Crippen LogP contribution is 2.23. The number of nitrogens with one attached hydrogen (secondary N) is 1. The molecule has 23 heavy (non-hydrogen) atoms. The number of urea groups is 1. The van der Waals surface area contributed by atoms with Crippen molar-refractivity contribution in [1.29, 1.82) is 0 Å². The number of benzene rings is 1. The summed E-state index contributed by atoms with van der Waals surface area (Å²) in [6, 6.07) is 8.62. The van der Waals surface area contributed by atoms with E-state index < -0.39 is 0 Å². The molecule has 1 atom stereocenters. The van der Waals surface area contributed by atoms with Gasteiger partial charge in [0, 0.05) is 49.4 Å². The smallest absolute Gasteiger partial charge is 0.321 e. The highest BCUT2D eigenvalue weighted by Gasteiger charge is 2.19. The van der Waals surface area contributed by atoms with Crippen LogP contribution in [0.3, 0.4) is 0 Å². The number of nitrogens with zero attached hydrogens (tertiary/aromatic N) is 2. The molecule has 1 aromatic rings. The van der Waals surface area contributed by atoms with E-state index in [1.165, 1.54) is 5.56 Å². The number of anilines is 1. The van der Waals surface area contributed by atoms with Gasteiger partial charge in [0.25, 0.3) is 0 Å². The molecule has 2 amide bonds. The summed E-state index contributed by atoms with van der Waals surface area (Å²) in [4.78, 5) is 16.5. The number of carbonyl (C=O) groups excluding carboxylic acids is 1. The number of hydrogen-bond acceptors (Lipinski definition) is 4. The van der Waals surface area contributed by atoms with E-state index in [4.69, 9.17) is 4.74 Å². The number of morpholine rings is 1. The lowest BCUT2D eigenvalue weighted by molar-refractivity contribution is 0.0198. The predicted molar refractivity (Wildman–Crippen MR) is 95.2 cm³/mol. The minimum atomic E-state index is 0.0132. The van der Waals surface area contributed by atoms with Crippen LogP contribution in [0.15, 0.2) is 24.3 Å². The number of amides is 2. The minimum Gasteiger partial charge on any atom is -0.379 e. The molecular weight excluding hydrogens is 310 g/mol. The van der Waals surface area contributed by atoms with Gasteiger partial charge in [0.1, 0.15) is 0 Å². The van der Waals surface area contributed by atoms with E-state index >= 15 is 0 Å². The summed E-state index contributed by atoms with van der Waals surface area (Å²) >= 11 is 1.91. The quantitative estimate of drug-likeness (QED) is 0.922. The first-order chi connectivity index (χ1) is 11.2. The molecule has 2 saturated heterocycles. The number of carbonyl (C=O) groups is 1. The Morgan fingerprint density at radius 3 is 2.43 bits per heavy atom. The monoisotopic (exact) mass is 335 g/mol. The van der Waals surface area contributed by atoms with E-state index in [9.17, 15) is 4.79 Å². The first-order valence-electron chi connectivity index (χ1n) is 8.29. The van der Waals surface area contributed by atoms with Crippen molar-refractivity contribution < 1.29 is 9.53 Å². The molecular formula is C17H25N3O2S. The Morgan fingerprint density at radius 1 is 1.13 bits per heavy atom. The molecule has 0 unspecified atom stereocenters. The van der Waals surface area contributed by atoms with Gasteiger partial charge in [0.2, 0.25) is 0 Å². The van der Waals surface area contributed by atoms with Crippen LogP contribution in [-0.2, 0) is 4.74 Å². The lowest BCUT2D eigenvalue weighted by Crippen LogP contribution is -2.40. The molecule has 2 fully saturated rings. The van der Waals surface area contributed by atoms with Crippen LogP contribution in [0.5, 0.6) is 0 Å². The van der Waals surface area contributed by atoms with Crippen LogP contribution in [-0.4, -0.2) is 66.7 Å².